The summed E-state index contributed by atoms with van der Waals surface area (Å²) in [6, 6.07) is 17.0. The maximum atomic E-state index is 13.0. The van der Waals surface area contributed by atoms with Gasteiger partial charge in [-0.1, -0.05) is 18.2 Å². The summed E-state index contributed by atoms with van der Waals surface area (Å²) in [5, 5.41) is 5.95. The second-order valence-corrected chi connectivity index (χ2v) is 5.88. The molecule has 1 aromatic heterocycles. The number of ether oxygens (including phenoxy) is 1. The van der Waals surface area contributed by atoms with Crippen LogP contribution in [0.15, 0.2) is 66.9 Å². The van der Waals surface area contributed by atoms with Gasteiger partial charge in [0.25, 0.3) is 5.91 Å². The molecule has 0 saturated carbocycles. The van der Waals surface area contributed by atoms with E-state index in [9.17, 15) is 9.18 Å². The van der Waals surface area contributed by atoms with E-state index in [1.165, 1.54) is 12.1 Å². The van der Waals surface area contributed by atoms with Gasteiger partial charge >= 0.3 is 0 Å². The van der Waals surface area contributed by atoms with Gasteiger partial charge in [0.05, 0.1) is 7.11 Å². The summed E-state index contributed by atoms with van der Waals surface area (Å²) in [4.78, 5) is 16.6. The number of nitrogens with zero attached hydrogens (tertiary/aromatic N) is 1. The normalized spacial score (nSPS) is 10.3. The summed E-state index contributed by atoms with van der Waals surface area (Å²) in [7, 11) is 1.63. The first-order valence-corrected chi connectivity index (χ1v) is 8.54. The largest absolute Gasteiger partial charge is 0.496 e. The number of halogens is 1. The van der Waals surface area contributed by atoms with Crippen molar-refractivity contribution >= 4 is 17.4 Å². The van der Waals surface area contributed by atoms with Gasteiger partial charge in [-0.05, 0) is 54.4 Å². The Balaban J connectivity index is 1.59. The highest BCUT2D eigenvalue weighted by atomic mass is 19.1. The van der Waals surface area contributed by atoms with Gasteiger partial charge < -0.3 is 15.4 Å². The first-order chi connectivity index (χ1) is 13.2. The van der Waals surface area contributed by atoms with Crippen molar-refractivity contribution in [2.24, 2.45) is 0 Å². The molecule has 0 aliphatic rings. The van der Waals surface area contributed by atoms with Crippen LogP contribution in [0, 0.1) is 5.82 Å². The highest BCUT2D eigenvalue weighted by Gasteiger charge is 2.08. The average molecular weight is 365 g/mol. The van der Waals surface area contributed by atoms with Gasteiger partial charge in [0.15, 0.2) is 0 Å². The molecule has 0 unspecified atom stereocenters. The fourth-order valence-corrected chi connectivity index (χ4v) is 2.64. The van der Waals surface area contributed by atoms with Gasteiger partial charge in [0.2, 0.25) is 0 Å². The van der Waals surface area contributed by atoms with Crippen LogP contribution in [-0.2, 0) is 6.42 Å². The molecular formula is C21H20FN3O2. The molecule has 0 radical (unpaired) electrons. The molecule has 3 aromatic rings. The van der Waals surface area contributed by atoms with Crippen molar-refractivity contribution in [2.45, 2.75) is 6.42 Å². The fraction of sp³-hybridized carbons (Fsp3) is 0.143. The highest BCUT2D eigenvalue weighted by Crippen LogP contribution is 2.18. The van der Waals surface area contributed by atoms with E-state index in [0.717, 1.165) is 11.3 Å². The number of rotatable bonds is 7. The first-order valence-electron chi connectivity index (χ1n) is 8.54. The summed E-state index contributed by atoms with van der Waals surface area (Å²) in [5.74, 6) is 0.826. The molecule has 0 saturated heterocycles. The molecule has 5 nitrogen and oxygen atoms in total. The number of hydrogen-bond acceptors (Lipinski definition) is 4. The number of carbonyl (C=O) groups is 1. The molecular weight excluding hydrogens is 345 g/mol. The van der Waals surface area contributed by atoms with Gasteiger partial charge in [-0.25, -0.2) is 9.37 Å². The lowest BCUT2D eigenvalue weighted by molar-refractivity contribution is 0.0954. The molecule has 1 amide bonds. The summed E-state index contributed by atoms with van der Waals surface area (Å²) in [5.41, 5.74) is 2.22. The number of hydrogen-bond donors (Lipinski definition) is 2. The number of nitrogens with one attached hydrogen (secondary N) is 2. The SMILES string of the molecule is COc1ccccc1CCNC(=O)c1ccnc(Nc2ccc(F)cc2)c1. The van der Waals surface area contributed by atoms with Crippen LogP contribution in [0.1, 0.15) is 15.9 Å². The Labute approximate surface area is 157 Å². The van der Waals surface area contributed by atoms with Crippen molar-refractivity contribution in [3.05, 3.63) is 83.8 Å². The minimum atomic E-state index is -0.309. The number of para-hydroxylation sites is 1. The van der Waals surface area contributed by atoms with Gasteiger partial charge in [-0.15, -0.1) is 0 Å². The predicted octanol–water partition coefficient (Wildman–Crippen LogP) is 3.95. The van der Waals surface area contributed by atoms with Gasteiger partial charge in [-0.2, -0.15) is 0 Å². The molecule has 2 aromatic carbocycles. The summed E-state index contributed by atoms with van der Waals surface area (Å²) in [6.45, 7) is 0.488. The maximum Gasteiger partial charge on any atom is 0.251 e. The Morgan fingerprint density at radius 1 is 1.11 bits per heavy atom. The molecule has 138 valence electrons. The molecule has 0 spiro atoms. The molecule has 0 atom stereocenters. The van der Waals surface area contributed by atoms with E-state index in [2.05, 4.69) is 15.6 Å². The van der Waals surface area contributed by atoms with Gasteiger partial charge in [0, 0.05) is 24.0 Å². The van der Waals surface area contributed by atoms with Gasteiger partial charge in [-0.3, -0.25) is 4.79 Å². The number of methoxy groups -OCH3 is 1. The van der Waals surface area contributed by atoms with E-state index < -0.39 is 0 Å². The van der Waals surface area contributed by atoms with Crippen molar-refractivity contribution in [1.29, 1.82) is 0 Å². The third-order valence-electron chi connectivity index (χ3n) is 4.01. The van der Waals surface area contributed by atoms with Crippen molar-refractivity contribution in [3.63, 3.8) is 0 Å². The number of pyridine rings is 1. The predicted molar refractivity (Wildman–Crippen MR) is 103 cm³/mol. The van der Waals surface area contributed by atoms with Gasteiger partial charge in [0.1, 0.15) is 17.4 Å². The van der Waals surface area contributed by atoms with Crippen LogP contribution in [0.3, 0.4) is 0 Å². The van der Waals surface area contributed by atoms with E-state index in [-0.39, 0.29) is 11.7 Å². The molecule has 3 rings (SSSR count). The zero-order chi connectivity index (χ0) is 19.1. The average Bonchev–Trinajstić information content (AvgIpc) is 2.70. The Kier molecular flexibility index (Phi) is 5.99. The monoisotopic (exact) mass is 365 g/mol. The van der Waals surface area contributed by atoms with Crippen LogP contribution >= 0.6 is 0 Å². The smallest absolute Gasteiger partial charge is 0.251 e. The van der Waals surface area contributed by atoms with Crippen molar-refractivity contribution in [1.82, 2.24) is 10.3 Å². The minimum Gasteiger partial charge on any atom is -0.496 e. The highest BCUT2D eigenvalue weighted by molar-refractivity contribution is 5.94. The second kappa shape index (κ2) is 8.80. The third kappa shape index (κ3) is 5.04. The Bertz CT molecular complexity index is 913. The van der Waals surface area contributed by atoms with Crippen molar-refractivity contribution in [3.8, 4) is 5.75 Å². The molecule has 1 heterocycles. The van der Waals surface area contributed by atoms with Crippen LogP contribution in [0.5, 0.6) is 5.75 Å². The van der Waals surface area contributed by atoms with Crippen LogP contribution in [0.2, 0.25) is 0 Å². The molecule has 0 aliphatic carbocycles. The Morgan fingerprint density at radius 2 is 1.89 bits per heavy atom. The van der Waals surface area contributed by atoms with E-state index >= 15 is 0 Å². The van der Waals surface area contributed by atoms with Crippen LogP contribution in [0.25, 0.3) is 0 Å². The number of carbonyl (C=O) groups excluding carboxylic acids is 1. The Morgan fingerprint density at radius 3 is 2.67 bits per heavy atom. The fourth-order valence-electron chi connectivity index (χ4n) is 2.64. The van der Waals surface area contributed by atoms with E-state index in [1.807, 2.05) is 24.3 Å². The summed E-state index contributed by atoms with van der Waals surface area (Å²) < 4.78 is 18.3. The number of benzene rings is 2. The van der Waals surface area contributed by atoms with Crippen molar-refractivity contribution in [2.75, 3.05) is 19.0 Å². The molecule has 0 fully saturated rings. The topological polar surface area (TPSA) is 63.2 Å². The molecule has 0 bridgehead atoms. The molecule has 2 N–H and O–H groups in total. The van der Waals surface area contributed by atoms with Crippen LogP contribution in [-0.4, -0.2) is 24.5 Å². The summed E-state index contributed by atoms with van der Waals surface area (Å²) >= 11 is 0. The zero-order valence-corrected chi connectivity index (χ0v) is 14.9. The Hall–Kier alpha value is -3.41. The quantitative estimate of drug-likeness (QED) is 0.666. The number of aromatic nitrogens is 1. The van der Waals surface area contributed by atoms with E-state index in [4.69, 9.17) is 4.74 Å². The van der Waals surface area contributed by atoms with E-state index in [1.54, 1.807) is 37.6 Å². The first kappa shape index (κ1) is 18.4. The summed E-state index contributed by atoms with van der Waals surface area (Å²) in [6.07, 6.45) is 2.22. The van der Waals surface area contributed by atoms with Crippen molar-refractivity contribution < 1.29 is 13.9 Å². The van der Waals surface area contributed by atoms with Crippen LogP contribution < -0.4 is 15.4 Å². The maximum absolute atomic E-state index is 13.0. The lowest BCUT2D eigenvalue weighted by atomic mass is 10.1. The lowest BCUT2D eigenvalue weighted by Crippen LogP contribution is -2.25. The van der Waals surface area contributed by atoms with E-state index in [0.29, 0.717) is 30.0 Å². The number of anilines is 2. The second-order valence-electron chi connectivity index (χ2n) is 5.88. The zero-order valence-electron chi connectivity index (χ0n) is 14.9. The third-order valence-corrected chi connectivity index (χ3v) is 4.01. The van der Waals surface area contributed by atoms with Crippen LogP contribution in [0.4, 0.5) is 15.9 Å². The molecule has 6 heteroatoms. The lowest BCUT2D eigenvalue weighted by Gasteiger charge is -2.10. The molecule has 0 aliphatic heterocycles. The number of amides is 1. The standard InChI is InChI=1S/C21H20FN3O2/c1-27-19-5-3-2-4-15(19)10-13-24-21(26)16-11-12-23-20(14-16)25-18-8-6-17(22)7-9-18/h2-9,11-12,14H,10,13H2,1H3,(H,23,25)(H,24,26). The minimum absolute atomic E-state index is 0.186. The molecule has 27 heavy (non-hydrogen) atoms.